The van der Waals surface area contributed by atoms with Crippen LogP contribution in [0.5, 0.6) is 5.88 Å². The highest BCUT2D eigenvalue weighted by Crippen LogP contribution is 2.21. The predicted molar refractivity (Wildman–Crippen MR) is 108 cm³/mol. The maximum Gasteiger partial charge on any atom is 0.229 e. The van der Waals surface area contributed by atoms with Crippen molar-refractivity contribution < 1.29 is 14.6 Å². The number of hydrazone groups is 1. The minimum Gasteiger partial charge on any atom is -0.474 e. The lowest BCUT2D eigenvalue weighted by molar-refractivity contribution is 0.0268. The number of nitrogens with zero attached hydrogens (tertiary/aromatic N) is 4. The Balaban J connectivity index is 2.00. The maximum absolute atomic E-state index is 9.99. The topological polar surface area (TPSA) is 106 Å². The van der Waals surface area contributed by atoms with Crippen LogP contribution < -0.4 is 15.5 Å². The molecule has 1 aliphatic rings. The molecule has 150 valence electrons. The number of hydrogen-bond acceptors (Lipinski definition) is 8. The van der Waals surface area contributed by atoms with Crippen molar-refractivity contribution in [3.05, 3.63) is 47.2 Å². The molecule has 28 heavy (non-hydrogen) atoms. The molecule has 8 nitrogen and oxygen atoms in total. The van der Waals surface area contributed by atoms with E-state index in [0.717, 1.165) is 11.1 Å². The first-order valence-corrected chi connectivity index (χ1v) is 9.28. The van der Waals surface area contributed by atoms with Crippen molar-refractivity contribution in [2.75, 3.05) is 37.8 Å². The molecule has 3 rings (SSSR count). The first-order valence-electron chi connectivity index (χ1n) is 9.28. The molecule has 1 fully saturated rings. The van der Waals surface area contributed by atoms with E-state index < -0.39 is 5.60 Å². The van der Waals surface area contributed by atoms with Crippen LogP contribution in [0.15, 0.2) is 35.4 Å². The summed E-state index contributed by atoms with van der Waals surface area (Å²) in [5.41, 5.74) is 2.09. The van der Waals surface area contributed by atoms with Gasteiger partial charge in [-0.25, -0.2) is 4.98 Å². The second-order valence-corrected chi connectivity index (χ2v) is 7.44. The SMILES string of the molecule is Cc1cccc(C(=NN)c2cc(OCC(C)(C)O)nc(N3CCOCC3)n2)c1. The first kappa shape index (κ1) is 20.0. The summed E-state index contributed by atoms with van der Waals surface area (Å²) in [6.07, 6.45) is 0. The van der Waals surface area contributed by atoms with Gasteiger partial charge < -0.3 is 25.3 Å². The van der Waals surface area contributed by atoms with E-state index in [0.29, 0.717) is 49.5 Å². The molecule has 1 aromatic heterocycles. The minimum absolute atomic E-state index is 0.103. The van der Waals surface area contributed by atoms with Crippen LogP contribution in [0.25, 0.3) is 0 Å². The number of aryl methyl sites for hydroxylation is 1. The molecule has 0 unspecified atom stereocenters. The van der Waals surface area contributed by atoms with Gasteiger partial charge in [-0.15, -0.1) is 0 Å². The number of rotatable bonds is 6. The van der Waals surface area contributed by atoms with Gasteiger partial charge in [-0.3, -0.25) is 0 Å². The zero-order valence-corrected chi connectivity index (χ0v) is 16.6. The van der Waals surface area contributed by atoms with Gasteiger partial charge in [-0.05, 0) is 26.8 Å². The minimum atomic E-state index is -0.981. The van der Waals surface area contributed by atoms with Gasteiger partial charge in [0.2, 0.25) is 11.8 Å². The molecule has 0 saturated carbocycles. The van der Waals surface area contributed by atoms with Gasteiger partial charge in [0.1, 0.15) is 18.0 Å². The summed E-state index contributed by atoms with van der Waals surface area (Å²) < 4.78 is 11.2. The quantitative estimate of drug-likeness (QED) is 0.441. The molecule has 1 saturated heterocycles. The number of ether oxygens (including phenoxy) is 2. The van der Waals surface area contributed by atoms with Gasteiger partial charge in [0.05, 0.1) is 18.8 Å². The lowest BCUT2D eigenvalue weighted by atomic mass is 10.0. The third-order valence-corrected chi connectivity index (χ3v) is 4.22. The Kier molecular flexibility index (Phi) is 6.11. The van der Waals surface area contributed by atoms with Crippen LogP contribution in [0.1, 0.15) is 30.7 Å². The van der Waals surface area contributed by atoms with Crippen molar-refractivity contribution in [1.82, 2.24) is 9.97 Å². The van der Waals surface area contributed by atoms with Crippen LogP contribution in [-0.4, -0.2) is 59.3 Å². The summed E-state index contributed by atoms with van der Waals surface area (Å²) in [6, 6.07) is 9.59. The Morgan fingerprint density at radius 2 is 2.04 bits per heavy atom. The monoisotopic (exact) mass is 385 g/mol. The molecule has 0 spiro atoms. The number of hydrogen-bond donors (Lipinski definition) is 2. The number of aromatic nitrogens is 2. The van der Waals surface area contributed by atoms with Gasteiger partial charge in [-0.2, -0.15) is 10.1 Å². The van der Waals surface area contributed by atoms with Gasteiger partial charge in [0.25, 0.3) is 0 Å². The third-order valence-electron chi connectivity index (χ3n) is 4.22. The van der Waals surface area contributed by atoms with Gasteiger partial charge >= 0.3 is 0 Å². The molecule has 1 aliphatic heterocycles. The van der Waals surface area contributed by atoms with E-state index in [9.17, 15) is 5.11 Å². The van der Waals surface area contributed by atoms with E-state index >= 15 is 0 Å². The van der Waals surface area contributed by atoms with Gasteiger partial charge in [-0.1, -0.05) is 23.8 Å². The number of anilines is 1. The van der Waals surface area contributed by atoms with Crippen molar-refractivity contribution in [2.45, 2.75) is 26.4 Å². The van der Waals surface area contributed by atoms with E-state index in [1.807, 2.05) is 36.1 Å². The van der Waals surface area contributed by atoms with Crippen LogP contribution >= 0.6 is 0 Å². The highest BCUT2D eigenvalue weighted by Gasteiger charge is 2.20. The molecule has 0 radical (unpaired) electrons. The van der Waals surface area contributed by atoms with Crippen molar-refractivity contribution >= 4 is 11.7 Å². The molecule has 2 heterocycles. The molecule has 0 atom stereocenters. The Morgan fingerprint density at radius 1 is 1.29 bits per heavy atom. The van der Waals surface area contributed by atoms with E-state index in [4.69, 9.17) is 15.3 Å². The smallest absolute Gasteiger partial charge is 0.229 e. The predicted octanol–water partition coefficient (Wildman–Crippen LogP) is 1.48. The second kappa shape index (κ2) is 8.53. The highest BCUT2D eigenvalue weighted by molar-refractivity contribution is 6.11. The number of nitrogens with two attached hydrogens (primary N) is 1. The summed E-state index contributed by atoms with van der Waals surface area (Å²) in [4.78, 5) is 11.2. The normalized spacial score (nSPS) is 15.6. The van der Waals surface area contributed by atoms with E-state index in [1.165, 1.54) is 0 Å². The van der Waals surface area contributed by atoms with Crippen molar-refractivity contribution in [1.29, 1.82) is 0 Å². The molecule has 2 aromatic rings. The summed E-state index contributed by atoms with van der Waals surface area (Å²) >= 11 is 0. The fourth-order valence-corrected chi connectivity index (χ4v) is 2.84. The van der Waals surface area contributed by atoms with Gasteiger partial charge in [0, 0.05) is 24.7 Å². The Bertz CT molecular complexity index is 842. The Labute approximate surface area is 165 Å². The molecule has 3 N–H and O–H groups in total. The highest BCUT2D eigenvalue weighted by atomic mass is 16.5. The average Bonchev–Trinajstić information content (AvgIpc) is 2.67. The first-order chi connectivity index (χ1) is 13.4. The van der Waals surface area contributed by atoms with Crippen LogP contribution in [0.4, 0.5) is 5.95 Å². The largest absolute Gasteiger partial charge is 0.474 e. The lowest BCUT2D eigenvalue weighted by Gasteiger charge is -2.27. The number of benzene rings is 1. The lowest BCUT2D eigenvalue weighted by Crippen LogP contribution is -2.37. The summed E-state index contributed by atoms with van der Waals surface area (Å²) in [5, 5.41) is 14.0. The maximum atomic E-state index is 9.99. The standard InChI is InChI=1S/C20H27N5O3/c1-14-5-4-6-15(11-14)18(24-21)16-12-17(28-13-20(2,3)26)23-19(22-16)25-7-9-27-10-8-25/h4-6,11-12,26H,7-10,13,21H2,1-3H3. The van der Waals surface area contributed by atoms with Crippen molar-refractivity contribution in [2.24, 2.45) is 10.9 Å². The molecule has 0 aliphatic carbocycles. The zero-order chi connectivity index (χ0) is 20.1. The third kappa shape index (κ3) is 5.17. The molecule has 0 bridgehead atoms. The Morgan fingerprint density at radius 3 is 2.68 bits per heavy atom. The second-order valence-electron chi connectivity index (χ2n) is 7.44. The van der Waals surface area contributed by atoms with Crippen molar-refractivity contribution in [3.63, 3.8) is 0 Å². The summed E-state index contributed by atoms with van der Waals surface area (Å²) in [5.74, 6) is 6.61. The van der Waals surface area contributed by atoms with E-state index in [1.54, 1.807) is 19.9 Å². The number of aliphatic hydroxyl groups is 1. The fraction of sp³-hybridized carbons (Fsp3) is 0.450. The zero-order valence-electron chi connectivity index (χ0n) is 16.6. The molecule has 8 heteroatoms. The van der Waals surface area contributed by atoms with Gasteiger partial charge in [0.15, 0.2) is 0 Å². The van der Waals surface area contributed by atoms with E-state index in [-0.39, 0.29) is 6.61 Å². The molecule has 0 amide bonds. The van der Waals surface area contributed by atoms with Crippen LogP contribution in [0, 0.1) is 6.92 Å². The summed E-state index contributed by atoms with van der Waals surface area (Å²) in [6.45, 7) is 8.07. The fourth-order valence-electron chi connectivity index (χ4n) is 2.84. The summed E-state index contributed by atoms with van der Waals surface area (Å²) in [7, 11) is 0. The molecule has 1 aromatic carbocycles. The van der Waals surface area contributed by atoms with Crippen molar-refractivity contribution in [3.8, 4) is 5.88 Å². The number of morpholine rings is 1. The van der Waals surface area contributed by atoms with E-state index in [2.05, 4.69) is 15.1 Å². The van der Waals surface area contributed by atoms with Crippen LogP contribution in [0.3, 0.4) is 0 Å². The molecular weight excluding hydrogens is 358 g/mol. The van der Waals surface area contributed by atoms with Crippen LogP contribution in [-0.2, 0) is 4.74 Å². The van der Waals surface area contributed by atoms with Crippen LogP contribution in [0.2, 0.25) is 0 Å². The average molecular weight is 385 g/mol. The molecular formula is C20H27N5O3. The Hall–Kier alpha value is -2.71.